The average Bonchev–Trinajstić information content (AvgIpc) is 2.70. The predicted octanol–water partition coefficient (Wildman–Crippen LogP) is 4.94. The molecule has 3 rings (SSSR count). The minimum Gasteiger partial charge on any atom is -0.368 e. The molecule has 0 unspecified atom stereocenters. The van der Waals surface area contributed by atoms with Gasteiger partial charge in [-0.1, -0.05) is 37.0 Å². The Bertz CT molecular complexity index is 876. The second kappa shape index (κ2) is 9.51. The third-order valence-electron chi connectivity index (χ3n) is 4.89. The van der Waals surface area contributed by atoms with Crippen molar-refractivity contribution >= 4 is 46.4 Å². The number of amides is 2. The fourth-order valence-corrected chi connectivity index (χ4v) is 3.59. The Hall–Kier alpha value is -2.24. The van der Waals surface area contributed by atoms with Gasteiger partial charge in [0, 0.05) is 49.5 Å². The van der Waals surface area contributed by atoms with E-state index < -0.39 is 0 Å². The molecule has 29 heavy (non-hydrogen) atoms. The molecule has 2 aromatic carbocycles. The summed E-state index contributed by atoms with van der Waals surface area (Å²) in [5, 5.41) is 3.63. The van der Waals surface area contributed by atoms with Crippen molar-refractivity contribution in [2.45, 2.75) is 20.3 Å². The van der Waals surface area contributed by atoms with Crippen LogP contribution in [-0.2, 0) is 4.79 Å². The summed E-state index contributed by atoms with van der Waals surface area (Å²) in [6.07, 6.45) is 0.604. The van der Waals surface area contributed by atoms with Crippen LogP contribution in [0.5, 0.6) is 0 Å². The molecule has 1 aliphatic rings. The van der Waals surface area contributed by atoms with Gasteiger partial charge in [-0.2, -0.15) is 0 Å². The SMILES string of the molecule is CC(C)CC(=O)N1CCN(c2ccc(NC(=O)c3ccc(Cl)c(Cl)c3)cc2)CC1. The molecule has 0 aromatic heterocycles. The van der Waals surface area contributed by atoms with E-state index in [0.29, 0.717) is 33.6 Å². The highest BCUT2D eigenvalue weighted by molar-refractivity contribution is 6.42. The fraction of sp³-hybridized carbons (Fsp3) is 0.364. The highest BCUT2D eigenvalue weighted by atomic mass is 35.5. The van der Waals surface area contributed by atoms with Crippen molar-refractivity contribution in [1.82, 2.24) is 4.90 Å². The number of nitrogens with one attached hydrogen (secondary N) is 1. The molecule has 1 N–H and O–H groups in total. The van der Waals surface area contributed by atoms with E-state index in [-0.39, 0.29) is 11.8 Å². The molecule has 2 amide bonds. The Morgan fingerprint density at radius 2 is 1.62 bits per heavy atom. The standard InChI is InChI=1S/C22H25Cl2N3O2/c1-15(2)13-21(28)27-11-9-26(10-12-27)18-6-4-17(5-7-18)25-22(29)16-3-8-19(23)20(24)14-16/h3-8,14-15H,9-13H2,1-2H3,(H,25,29). The molecule has 0 bridgehead atoms. The number of hydrogen-bond acceptors (Lipinski definition) is 3. The highest BCUT2D eigenvalue weighted by Crippen LogP contribution is 2.24. The van der Waals surface area contributed by atoms with E-state index in [1.54, 1.807) is 18.2 Å². The van der Waals surface area contributed by atoms with Crippen LogP contribution in [0.2, 0.25) is 10.0 Å². The third kappa shape index (κ3) is 5.64. The number of carbonyl (C=O) groups excluding carboxylic acids is 2. The van der Waals surface area contributed by atoms with Crippen LogP contribution >= 0.6 is 23.2 Å². The molecule has 1 fully saturated rings. The zero-order valence-corrected chi connectivity index (χ0v) is 18.1. The maximum atomic E-state index is 12.4. The normalized spacial score (nSPS) is 14.2. The zero-order chi connectivity index (χ0) is 21.0. The number of anilines is 2. The van der Waals surface area contributed by atoms with E-state index >= 15 is 0 Å². The Morgan fingerprint density at radius 3 is 2.21 bits per heavy atom. The van der Waals surface area contributed by atoms with Gasteiger partial charge in [0.1, 0.15) is 0 Å². The molecule has 0 saturated carbocycles. The van der Waals surface area contributed by atoms with E-state index in [1.807, 2.05) is 29.2 Å². The average molecular weight is 434 g/mol. The maximum absolute atomic E-state index is 12.4. The van der Waals surface area contributed by atoms with Crippen LogP contribution in [0, 0.1) is 5.92 Å². The van der Waals surface area contributed by atoms with Gasteiger partial charge in [-0.25, -0.2) is 0 Å². The number of piperazine rings is 1. The van der Waals surface area contributed by atoms with E-state index in [4.69, 9.17) is 23.2 Å². The van der Waals surface area contributed by atoms with Crippen molar-refractivity contribution < 1.29 is 9.59 Å². The number of nitrogens with zero attached hydrogens (tertiary/aromatic N) is 2. The fourth-order valence-electron chi connectivity index (χ4n) is 3.29. The maximum Gasteiger partial charge on any atom is 0.255 e. The summed E-state index contributed by atoms with van der Waals surface area (Å²) in [7, 11) is 0. The largest absolute Gasteiger partial charge is 0.368 e. The van der Waals surface area contributed by atoms with Crippen LogP contribution in [-0.4, -0.2) is 42.9 Å². The summed E-state index contributed by atoms with van der Waals surface area (Å²) in [4.78, 5) is 28.8. The Balaban J connectivity index is 1.56. The molecular formula is C22H25Cl2N3O2. The zero-order valence-electron chi connectivity index (χ0n) is 16.6. The van der Waals surface area contributed by atoms with Crippen molar-refractivity contribution in [3.8, 4) is 0 Å². The molecule has 1 heterocycles. The topological polar surface area (TPSA) is 52.7 Å². The Labute approximate surface area is 181 Å². The van der Waals surface area contributed by atoms with E-state index in [9.17, 15) is 9.59 Å². The van der Waals surface area contributed by atoms with Gasteiger partial charge in [-0.05, 0) is 48.4 Å². The number of hydrogen-bond donors (Lipinski definition) is 1. The van der Waals surface area contributed by atoms with Gasteiger partial charge in [0.2, 0.25) is 5.91 Å². The van der Waals surface area contributed by atoms with Gasteiger partial charge in [0.15, 0.2) is 0 Å². The van der Waals surface area contributed by atoms with Crippen LogP contribution in [0.1, 0.15) is 30.6 Å². The summed E-state index contributed by atoms with van der Waals surface area (Å²) in [5.41, 5.74) is 2.23. The van der Waals surface area contributed by atoms with Crippen molar-refractivity contribution in [3.05, 3.63) is 58.1 Å². The van der Waals surface area contributed by atoms with Gasteiger partial charge in [-0.3, -0.25) is 9.59 Å². The number of carbonyl (C=O) groups is 2. The van der Waals surface area contributed by atoms with Crippen molar-refractivity contribution in [3.63, 3.8) is 0 Å². The molecular weight excluding hydrogens is 409 g/mol. The molecule has 154 valence electrons. The monoisotopic (exact) mass is 433 g/mol. The number of rotatable bonds is 5. The second-order valence-electron chi connectivity index (χ2n) is 7.60. The molecule has 1 saturated heterocycles. The van der Waals surface area contributed by atoms with Crippen LogP contribution in [0.15, 0.2) is 42.5 Å². The number of halogens is 2. The summed E-state index contributed by atoms with van der Waals surface area (Å²) < 4.78 is 0. The lowest BCUT2D eigenvalue weighted by Gasteiger charge is -2.36. The van der Waals surface area contributed by atoms with Gasteiger partial charge >= 0.3 is 0 Å². The molecule has 5 nitrogen and oxygen atoms in total. The predicted molar refractivity (Wildman–Crippen MR) is 119 cm³/mol. The lowest BCUT2D eigenvalue weighted by atomic mass is 10.1. The van der Waals surface area contributed by atoms with Gasteiger partial charge < -0.3 is 15.1 Å². The lowest BCUT2D eigenvalue weighted by Crippen LogP contribution is -2.49. The van der Waals surface area contributed by atoms with E-state index in [0.717, 1.165) is 31.9 Å². The van der Waals surface area contributed by atoms with Gasteiger partial charge in [0.25, 0.3) is 5.91 Å². The molecule has 0 spiro atoms. The summed E-state index contributed by atoms with van der Waals surface area (Å²) in [6.45, 7) is 7.21. The third-order valence-corrected chi connectivity index (χ3v) is 5.63. The van der Waals surface area contributed by atoms with Crippen LogP contribution in [0.4, 0.5) is 11.4 Å². The first-order valence-electron chi connectivity index (χ1n) is 9.72. The molecule has 0 atom stereocenters. The quantitative estimate of drug-likeness (QED) is 0.725. The first kappa shape index (κ1) is 21.5. The smallest absolute Gasteiger partial charge is 0.255 e. The second-order valence-corrected chi connectivity index (χ2v) is 8.41. The Kier molecular flexibility index (Phi) is 7.04. The van der Waals surface area contributed by atoms with Crippen LogP contribution in [0.3, 0.4) is 0 Å². The molecule has 1 aliphatic heterocycles. The van der Waals surface area contributed by atoms with E-state index in [2.05, 4.69) is 24.1 Å². The minimum atomic E-state index is -0.242. The molecule has 0 radical (unpaired) electrons. The molecule has 0 aliphatic carbocycles. The Morgan fingerprint density at radius 1 is 0.966 bits per heavy atom. The van der Waals surface area contributed by atoms with Gasteiger partial charge in [-0.15, -0.1) is 0 Å². The lowest BCUT2D eigenvalue weighted by molar-refractivity contribution is -0.132. The van der Waals surface area contributed by atoms with Gasteiger partial charge in [0.05, 0.1) is 10.0 Å². The molecule has 2 aromatic rings. The minimum absolute atomic E-state index is 0.236. The molecule has 7 heteroatoms. The summed E-state index contributed by atoms with van der Waals surface area (Å²) >= 11 is 11.9. The first-order chi connectivity index (χ1) is 13.8. The summed E-state index contributed by atoms with van der Waals surface area (Å²) in [5.74, 6) is 0.376. The first-order valence-corrected chi connectivity index (χ1v) is 10.5. The van der Waals surface area contributed by atoms with Crippen molar-refractivity contribution in [2.24, 2.45) is 5.92 Å². The van der Waals surface area contributed by atoms with Crippen molar-refractivity contribution in [1.29, 1.82) is 0 Å². The van der Waals surface area contributed by atoms with E-state index in [1.165, 1.54) is 0 Å². The highest BCUT2D eigenvalue weighted by Gasteiger charge is 2.21. The number of benzene rings is 2. The van der Waals surface area contributed by atoms with Crippen LogP contribution in [0.25, 0.3) is 0 Å². The van der Waals surface area contributed by atoms with Crippen LogP contribution < -0.4 is 10.2 Å². The summed E-state index contributed by atoms with van der Waals surface area (Å²) in [6, 6.07) is 12.5. The van der Waals surface area contributed by atoms with Crippen molar-refractivity contribution in [2.75, 3.05) is 36.4 Å².